The predicted octanol–water partition coefficient (Wildman–Crippen LogP) is 1.01. The Balaban J connectivity index is 2.28. The van der Waals surface area contributed by atoms with E-state index in [1.54, 1.807) is 6.07 Å². The molecule has 0 bridgehead atoms. The fraction of sp³-hybridized carbons (Fsp3) is 0.385. The van der Waals surface area contributed by atoms with E-state index in [4.69, 9.17) is 5.73 Å². The Morgan fingerprint density at radius 2 is 2.10 bits per heavy atom. The highest BCUT2D eigenvalue weighted by atomic mass is 32.2. The number of rotatable bonds is 5. The van der Waals surface area contributed by atoms with Crippen molar-refractivity contribution in [2.45, 2.75) is 31.8 Å². The Labute approximate surface area is 124 Å². The summed E-state index contributed by atoms with van der Waals surface area (Å²) in [6.45, 7) is 4.47. The van der Waals surface area contributed by atoms with Gasteiger partial charge in [-0.05, 0) is 26.0 Å². The molecular formula is C13H19N5O2S. The quantitative estimate of drug-likeness (QED) is 0.889. The standard InChI is InChI=1S/C13H19N5O2S/c1-4-18-9-12(13(14)16-18)21(19,20)17(3)8-11-7-5-6-10(2)15-11/h5-7,9H,4,8H2,1-3H3,(H2,14,16). The minimum atomic E-state index is -3.68. The highest BCUT2D eigenvalue weighted by Gasteiger charge is 2.26. The molecule has 0 aromatic carbocycles. The molecule has 21 heavy (non-hydrogen) atoms. The number of anilines is 1. The van der Waals surface area contributed by atoms with E-state index in [0.717, 1.165) is 5.69 Å². The molecule has 0 spiro atoms. The summed E-state index contributed by atoms with van der Waals surface area (Å²) in [5.74, 6) is 0.0147. The SMILES string of the molecule is CCn1cc(S(=O)(=O)N(C)Cc2cccc(C)n2)c(N)n1. The van der Waals surface area contributed by atoms with Gasteiger partial charge in [-0.15, -0.1) is 0 Å². The zero-order valence-electron chi connectivity index (χ0n) is 12.3. The Hall–Kier alpha value is -1.93. The molecule has 7 nitrogen and oxygen atoms in total. The fourth-order valence-electron chi connectivity index (χ4n) is 1.95. The second kappa shape index (κ2) is 5.82. The Kier molecular flexibility index (Phi) is 4.29. The number of aryl methyl sites for hydroxylation is 2. The molecule has 0 atom stereocenters. The van der Waals surface area contributed by atoms with Crippen molar-refractivity contribution in [2.24, 2.45) is 0 Å². The van der Waals surface area contributed by atoms with Gasteiger partial charge in [0.1, 0.15) is 4.90 Å². The Bertz CT molecular complexity index is 739. The van der Waals surface area contributed by atoms with Gasteiger partial charge in [0, 0.05) is 25.5 Å². The van der Waals surface area contributed by atoms with Crippen LogP contribution in [0.2, 0.25) is 0 Å². The molecule has 0 fully saturated rings. The van der Waals surface area contributed by atoms with Crippen molar-refractivity contribution in [2.75, 3.05) is 12.8 Å². The third kappa shape index (κ3) is 3.22. The largest absolute Gasteiger partial charge is 0.381 e. The maximum Gasteiger partial charge on any atom is 0.248 e. The average Bonchev–Trinajstić information content (AvgIpc) is 2.80. The topological polar surface area (TPSA) is 94.1 Å². The monoisotopic (exact) mass is 309 g/mol. The molecule has 0 aliphatic rings. The third-order valence-corrected chi connectivity index (χ3v) is 4.92. The first-order valence-electron chi connectivity index (χ1n) is 6.56. The maximum atomic E-state index is 12.5. The fourth-order valence-corrected chi connectivity index (χ4v) is 3.15. The first-order chi connectivity index (χ1) is 9.84. The number of pyridine rings is 1. The van der Waals surface area contributed by atoms with Gasteiger partial charge in [0.25, 0.3) is 0 Å². The van der Waals surface area contributed by atoms with E-state index in [9.17, 15) is 8.42 Å². The molecule has 2 aromatic rings. The summed E-state index contributed by atoms with van der Waals surface area (Å²) in [6.07, 6.45) is 1.45. The van der Waals surface area contributed by atoms with Gasteiger partial charge < -0.3 is 5.73 Å². The van der Waals surface area contributed by atoms with Crippen molar-refractivity contribution >= 4 is 15.8 Å². The van der Waals surface area contributed by atoms with Crippen LogP contribution in [0.15, 0.2) is 29.3 Å². The second-order valence-electron chi connectivity index (χ2n) is 4.77. The minimum absolute atomic E-state index is 0.0147. The molecule has 0 aliphatic heterocycles. The lowest BCUT2D eigenvalue weighted by Gasteiger charge is -2.16. The molecule has 0 radical (unpaired) electrons. The maximum absolute atomic E-state index is 12.5. The Morgan fingerprint density at radius 1 is 1.38 bits per heavy atom. The first-order valence-corrected chi connectivity index (χ1v) is 8.00. The van der Waals surface area contributed by atoms with E-state index < -0.39 is 10.0 Å². The van der Waals surface area contributed by atoms with E-state index in [0.29, 0.717) is 12.2 Å². The summed E-state index contributed by atoms with van der Waals surface area (Å²) in [4.78, 5) is 4.33. The molecule has 2 rings (SSSR count). The van der Waals surface area contributed by atoms with E-state index in [2.05, 4.69) is 10.1 Å². The van der Waals surface area contributed by atoms with Crippen LogP contribution in [-0.4, -0.2) is 34.5 Å². The lowest BCUT2D eigenvalue weighted by molar-refractivity contribution is 0.462. The van der Waals surface area contributed by atoms with Crippen LogP contribution in [0.1, 0.15) is 18.3 Å². The van der Waals surface area contributed by atoms with Crippen molar-refractivity contribution in [3.8, 4) is 0 Å². The molecule has 0 saturated heterocycles. The molecule has 0 aliphatic carbocycles. The third-order valence-electron chi connectivity index (χ3n) is 3.10. The molecule has 114 valence electrons. The molecule has 2 heterocycles. The number of hydrogen-bond donors (Lipinski definition) is 1. The lowest BCUT2D eigenvalue weighted by Crippen LogP contribution is -2.27. The number of nitrogens with zero attached hydrogens (tertiary/aromatic N) is 4. The summed E-state index contributed by atoms with van der Waals surface area (Å²) in [5.41, 5.74) is 7.23. The van der Waals surface area contributed by atoms with Gasteiger partial charge in [-0.25, -0.2) is 8.42 Å². The summed E-state index contributed by atoms with van der Waals surface area (Å²) < 4.78 is 27.8. The molecule has 2 N–H and O–H groups in total. The van der Waals surface area contributed by atoms with Crippen LogP contribution < -0.4 is 5.73 Å². The van der Waals surface area contributed by atoms with Gasteiger partial charge in [0.05, 0.1) is 12.2 Å². The number of aromatic nitrogens is 3. The predicted molar refractivity (Wildman–Crippen MR) is 79.9 cm³/mol. The van der Waals surface area contributed by atoms with E-state index >= 15 is 0 Å². The number of nitrogens with two attached hydrogens (primary N) is 1. The van der Waals surface area contributed by atoms with Gasteiger partial charge in [0.15, 0.2) is 5.82 Å². The summed E-state index contributed by atoms with van der Waals surface area (Å²) in [5, 5.41) is 3.97. The number of sulfonamides is 1. The highest BCUT2D eigenvalue weighted by molar-refractivity contribution is 7.89. The van der Waals surface area contributed by atoms with E-state index in [1.807, 2.05) is 26.0 Å². The molecule has 0 unspecified atom stereocenters. The van der Waals surface area contributed by atoms with Crippen LogP contribution in [0.5, 0.6) is 0 Å². The number of hydrogen-bond acceptors (Lipinski definition) is 5. The zero-order valence-corrected chi connectivity index (χ0v) is 13.1. The van der Waals surface area contributed by atoms with Gasteiger partial charge in [-0.2, -0.15) is 9.40 Å². The van der Waals surface area contributed by atoms with Gasteiger partial charge >= 0.3 is 0 Å². The van der Waals surface area contributed by atoms with Crippen molar-refractivity contribution in [1.82, 2.24) is 19.1 Å². The Morgan fingerprint density at radius 3 is 2.67 bits per heavy atom. The van der Waals surface area contributed by atoms with Gasteiger partial charge in [0.2, 0.25) is 10.0 Å². The van der Waals surface area contributed by atoms with Crippen molar-refractivity contribution in [3.63, 3.8) is 0 Å². The molecule has 0 amide bonds. The van der Waals surface area contributed by atoms with Gasteiger partial charge in [-0.3, -0.25) is 9.67 Å². The minimum Gasteiger partial charge on any atom is -0.381 e. The highest BCUT2D eigenvalue weighted by Crippen LogP contribution is 2.21. The van der Waals surface area contributed by atoms with E-state index in [1.165, 1.54) is 22.2 Å². The van der Waals surface area contributed by atoms with Crippen molar-refractivity contribution in [1.29, 1.82) is 0 Å². The van der Waals surface area contributed by atoms with Crippen LogP contribution in [0.25, 0.3) is 0 Å². The van der Waals surface area contributed by atoms with Crippen LogP contribution in [0.4, 0.5) is 5.82 Å². The smallest absolute Gasteiger partial charge is 0.248 e. The molecule has 0 saturated carbocycles. The van der Waals surface area contributed by atoms with Crippen molar-refractivity contribution < 1.29 is 8.42 Å². The van der Waals surface area contributed by atoms with Gasteiger partial charge in [-0.1, -0.05) is 6.07 Å². The molecule has 2 aromatic heterocycles. The molecule has 8 heteroatoms. The molecular weight excluding hydrogens is 290 g/mol. The van der Waals surface area contributed by atoms with Crippen LogP contribution >= 0.6 is 0 Å². The second-order valence-corrected chi connectivity index (χ2v) is 6.78. The lowest BCUT2D eigenvalue weighted by atomic mass is 10.3. The summed E-state index contributed by atoms with van der Waals surface area (Å²) in [6, 6.07) is 5.50. The summed E-state index contributed by atoms with van der Waals surface area (Å²) >= 11 is 0. The summed E-state index contributed by atoms with van der Waals surface area (Å²) in [7, 11) is -2.18. The zero-order chi connectivity index (χ0) is 15.6. The van der Waals surface area contributed by atoms with Crippen LogP contribution in [0, 0.1) is 6.92 Å². The van der Waals surface area contributed by atoms with E-state index in [-0.39, 0.29) is 17.3 Å². The first kappa shape index (κ1) is 15.5. The van der Waals surface area contributed by atoms with Crippen molar-refractivity contribution in [3.05, 3.63) is 35.8 Å². The average molecular weight is 309 g/mol. The van der Waals surface area contributed by atoms with Crippen LogP contribution in [-0.2, 0) is 23.1 Å². The number of nitrogen functional groups attached to an aromatic ring is 1. The normalized spacial score (nSPS) is 12.0. The van der Waals surface area contributed by atoms with Crippen LogP contribution in [0.3, 0.4) is 0 Å².